The van der Waals surface area contributed by atoms with Crippen molar-refractivity contribution >= 4 is 5.71 Å². The fourth-order valence-electron chi connectivity index (χ4n) is 2.05. The molecule has 1 aliphatic rings. The largest absolute Gasteiger partial charge is 0.497 e. The van der Waals surface area contributed by atoms with Gasteiger partial charge in [0.05, 0.1) is 18.9 Å². The van der Waals surface area contributed by atoms with Crippen molar-refractivity contribution in [2.75, 3.05) is 7.11 Å². The highest BCUT2D eigenvalue weighted by Crippen LogP contribution is 2.37. The van der Waals surface area contributed by atoms with Gasteiger partial charge >= 0.3 is 0 Å². The Balaban J connectivity index is 2.19. The quantitative estimate of drug-likeness (QED) is 0.633. The minimum atomic E-state index is -0.501. The maximum Gasteiger partial charge on any atom is 0.118 e. The van der Waals surface area contributed by atoms with E-state index < -0.39 is 5.60 Å². The van der Waals surface area contributed by atoms with E-state index in [-0.39, 0.29) is 6.10 Å². The van der Waals surface area contributed by atoms with Crippen LogP contribution in [-0.4, -0.2) is 23.6 Å². The molecule has 1 aromatic carbocycles. The van der Waals surface area contributed by atoms with E-state index in [2.05, 4.69) is 5.16 Å². The summed E-state index contributed by atoms with van der Waals surface area (Å²) in [6.45, 7) is 3.82. The molecule has 1 saturated heterocycles. The molecule has 0 aromatic heterocycles. The molecule has 2 rings (SSSR count). The van der Waals surface area contributed by atoms with Crippen molar-refractivity contribution in [3.63, 3.8) is 0 Å². The number of benzene rings is 1. The maximum absolute atomic E-state index is 8.94. The van der Waals surface area contributed by atoms with Gasteiger partial charge in [0, 0.05) is 6.42 Å². The van der Waals surface area contributed by atoms with Crippen LogP contribution in [0.3, 0.4) is 0 Å². The number of rotatable bonds is 2. The molecule has 1 unspecified atom stereocenters. The van der Waals surface area contributed by atoms with E-state index in [9.17, 15) is 0 Å². The summed E-state index contributed by atoms with van der Waals surface area (Å²) < 4.78 is 11.0. The highest BCUT2D eigenvalue weighted by atomic mass is 16.5. The molecule has 0 spiro atoms. The molecule has 0 aliphatic carbocycles. The minimum absolute atomic E-state index is 0.0539. The summed E-state index contributed by atoms with van der Waals surface area (Å²) in [4.78, 5) is 0. The zero-order valence-electron chi connectivity index (χ0n) is 10.3. The summed E-state index contributed by atoms with van der Waals surface area (Å²) in [6.07, 6.45) is 0.567. The molecule has 1 fully saturated rings. The topological polar surface area (TPSA) is 51.0 Å². The number of ether oxygens (including phenoxy) is 2. The number of methoxy groups -OCH3 is 1. The van der Waals surface area contributed by atoms with Gasteiger partial charge in [-0.15, -0.1) is 0 Å². The van der Waals surface area contributed by atoms with Crippen molar-refractivity contribution in [2.24, 2.45) is 5.16 Å². The normalized spacial score (nSPS) is 25.1. The summed E-state index contributed by atoms with van der Waals surface area (Å²) in [5.74, 6) is 0.821. The summed E-state index contributed by atoms with van der Waals surface area (Å²) in [7, 11) is 1.64. The van der Waals surface area contributed by atoms with Crippen molar-refractivity contribution in [1.29, 1.82) is 0 Å². The lowest BCUT2D eigenvalue weighted by atomic mass is 10.00. The van der Waals surface area contributed by atoms with Crippen LogP contribution in [0.4, 0.5) is 0 Å². The first-order valence-corrected chi connectivity index (χ1v) is 5.60. The fourth-order valence-corrected chi connectivity index (χ4v) is 2.05. The van der Waals surface area contributed by atoms with Gasteiger partial charge in [-0.05, 0) is 31.5 Å². The fraction of sp³-hybridized carbons (Fsp3) is 0.462. The Hall–Kier alpha value is -1.55. The molecular weight excluding hydrogens is 218 g/mol. The van der Waals surface area contributed by atoms with E-state index in [0.717, 1.165) is 11.3 Å². The third kappa shape index (κ3) is 2.26. The van der Waals surface area contributed by atoms with Gasteiger partial charge in [-0.2, -0.15) is 0 Å². The molecule has 4 heteroatoms. The standard InChI is InChI=1S/C13H17NO3/c1-13(2)12(14-15)8-11(17-13)9-4-6-10(16-3)7-5-9/h4-7,11,15H,8H2,1-3H3/b14-12-. The summed E-state index contributed by atoms with van der Waals surface area (Å²) in [5.41, 5.74) is 1.25. The molecule has 92 valence electrons. The Labute approximate surface area is 101 Å². The molecule has 4 nitrogen and oxygen atoms in total. The van der Waals surface area contributed by atoms with E-state index in [4.69, 9.17) is 14.7 Å². The van der Waals surface area contributed by atoms with Crippen LogP contribution in [0.15, 0.2) is 29.4 Å². The average Bonchev–Trinajstić information content (AvgIpc) is 2.64. The van der Waals surface area contributed by atoms with Gasteiger partial charge in [0.1, 0.15) is 11.4 Å². The summed E-state index contributed by atoms with van der Waals surface area (Å²) in [6, 6.07) is 7.75. The molecule has 0 saturated carbocycles. The van der Waals surface area contributed by atoms with Gasteiger partial charge in [0.25, 0.3) is 0 Å². The van der Waals surface area contributed by atoms with E-state index >= 15 is 0 Å². The lowest BCUT2D eigenvalue weighted by Gasteiger charge is -2.19. The van der Waals surface area contributed by atoms with Crippen LogP contribution in [0.25, 0.3) is 0 Å². The number of hydrogen-bond acceptors (Lipinski definition) is 4. The van der Waals surface area contributed by atoms with Gasteiger partial charge in [-0.3, -0.25) is 0 Å². The summed E-state index contributed by atoms with van der Waals surface area (Å²) in [5, 5.41) is 12.3. The lowest BCUT2D eigenvalue weighted by Crippen LogP contribution is -2.27. The van der Waals surface area contributed by atoms with Gasteiger partial charge in [0.2, 0.25) is 0 Å². The smallest absolute Gasteiger partial charge is 0.118 e. The highest BCUT2D eigenvalue weighted by Gasteiger charge is 2.39. The molecular formula is C13H17NO3. The van der Waals surface area contributed by atoms with Crippen molar-refractivity contribution in [3.8, 4) is 5.75 Å². The predicted octanol–water partition coefficient (Wildman–Crippen LogP) is 2.77. The molecule has 17 heavy (non-hydrogen) atoms. The van der Waals surface area contributed by atoms with Crippen LogP contribution in [0.2, 0.25) is 0 Å². The predicted molar refractivity (Wildman–Crippen MR) is 64.7 cm³/mol. The van der Waals surface area contributed by atoms with Gasteiger partial charge < -0.3 is 14.7 Å². The SMILES string of the molecule is COc1ccc(C2C/C(=N/O)C(C)(C)O2)cc1. The van der Waals surface area contributed by atoms with Gasteiger partial charge in [-0.1, -0.05) is 17.3 Å². The summed E-state index contributed by atoms with van der Waals surface area (Å²) >= 11 is 0. The third-order valence-corrected chi connectivity index (χ3v) is 3.12. The van der Waals surface area contributed by atoms with Crippen molar-refractivity contribution in [3.05, 3.63) is 29.8 Å². The highest BCUT2D eigenvalue weighted by molar-refractivity contribution is 5.93. The van der Waals surface area contributed by atoms with E-state index in [0.29, 0.717) is 12.1 Å². The Morgan fingerprint density at radius 2 is 2.00 bits per heavy atom. The molecule has 1 aliphatic heterocycles. The number of oxime groups is 1. The molecule has 0 radical (unpaired) electrons. The van der Waals surface area contributed by atoms with Crippen LogP contribution in [0.5, 0.6) is 5.75 Å². The van der Waals surface area contributed by atoms with Gasteiger partial charge in [-0.25, -0.2) is 0 Å². The van der Waals surface area contributed by atoms with E-state index in [1.807, 2.05) is 38.1 Å². The maximum atomic E-state index is 8.94. The molecule has 0 bridgehead atoms. The van der Waals surface area contributed by atoms with Crippen molar-refractivity contribution in [1.82, 2.24) is 0 Å². The first-order chi connectivity index (χ1) is 8.06. The Kier molecular flexibility index (Phi) is 3.07. The van der Waals surface area contributed by atoms with Crippen LogP contribution < -0.4 is 4.74 Å². The third-order valence-electron chi connectivity index (χ3n) is 3.12. The zero-order valence-corrected chi connectivity index (χ0v) is 10.3. The first-order valence-electron chi connectivity index (χ1n) is 5.60. The Bertz CT molecular complexity index is 423. The average molecular weight is 235 g/mol. The van der Waals surface area contributed by atoms with Crippen molar-refractivity contribution < 1.29 is 14.7 Å². The second-order valence-corrected chi connectivity index (χ2v) is 4.64. The van der Waals surface area contributed by atoms with Crippen molar-refractivity contribution in [2.45, 2.75) is 32.0 Å². The van der Waals surface area contributed by atoms with E-state index in [1.165, 1.54) is 0 Å². The molecule has 1 atom stereocenters. The monoisotopic (exact) mass is 235 g/mol. The lowest BCUT2D eigenvalue weighted by molar-refractivity contribution is 0.00317. The molecule has 1 heterocycles. The van der Waals surface area contributed by atoms with E-state index in [1.54, 1.807) is 7.11 Å². The first kappa shape index (κ1) is 11.9. The van der Waals surface area contributed by atoms with Crippen LogP contribution in [-0.2, 0) is 4.74 Å². The Morgan fingerprint density at radius 1 is 1.35 bits per heavy atom. The zero-order chi connectivity index (χ0) is 12.5. The number of nitrogens with zero attached hydrogens (tertiary/aromatic N) is 1. The molecule has 0 amide bonds. The minimum Gasteiger partial charge on any atom is -0.497 e. The van der Waals surface area contributed by atoms with Gasteiger partial charge in [0.15, 0.2) is 0 Å². The molecule has 1 aromatic rings. The van der Waals surface area contributed by atoms with Crippen LogP contribution in [0, 0.1) is 0 Å². The second-order valence-electron chi connectivity index (χ2n) is 4.64. The van der Waals surface area contributed by atoms with Crippen LogP contribution >= 0.6 is 0 Å². The number of hydrogen-bond donors (Lipinski definition) is 1. The second kappa shape index (κ2) is 4.37. The molecule has 1 N–H and O–H groups in total. The van der Waals surface area contributed by atoms with Crippen LogP contribution in [0.1, 0.15) is 31.9 Å². The Morgan fingerprint density at radius 3 is 2.47 bits per heavy atom.